The number of amides is 1. The van der Waals surface area contributed by atoms with Crippen molar-refractivity contribution in [2.24, 2.45) is 10.1 Å². The van der Waals surface area contributed by atoms with E-state index in [2.05, 4.69) is 65.0 Å². The van der Waals surface area contributed by atoms with Gasteiger partial charge in [0.15, 0.2) is 0 Å². The summed E-state index contributed by atoms with van der Waals surface area (Å²) in [5.74, 6) is 1.06. The van der Waals surface area contributed by atoms with Crippen LogP contribution in [0.3, 0.4) is 0 Å². The molecule has 0 atom stereocenters. The van der Waals surface area contributed by atoms with Crippen LogP contribution in [0.25, 0.3) is 0 Å². The van der Waals surface area contributed by atoms with Crippen molar-refractivity contribution in [2.45, 2.75) is 51.3 Å². The Labute approximate surface area is 180 Å². The van der Waals surface area contributed by atoms with E-state index in [4.69, 9.17) is 4.99 Å². The molecule has 0 saturated carbocycles. The number of hydrazone groups is 1. The Kier molecular flexibility index (Phi) is 5.53. The summed E-state index contributed by atoms with van der Waals surface area (Å²) in [7, 11) is 0. The van der Waals surface area contributed by atoms with Crippen molar-refractivity contribution in [3.8, 4) is 0 Å². The number of thioether (sulfide) groups is 1. The van der Waals surface area contributed by atoms with Crippen LogP contribution in [-0.4, -0.2) is 34.1 Å². The third-order valence-electron chi connectivity index (χ3n) is 5.03. The third kappa shape index (κ3) is 4.12. The molecule has 0 spiro atoms. The topological polar surface area (TPSA) is 57.1 Å². The second kappa shape index (κ2) is 7.95. The monoisotopic (exact) mass is 426 g/mol. The number of amidine groups is 1. The molecule has 2 aromatic rings. The SMILES string of the molecule is CC(C)N=C(c1cccs1)N1CCCc2cc(C3=NNC(=O)SC3(C)C)ccc21. The Hall–Kier alpha value is -2.12. The highest BCUT2D eigenvalue weighted by Crippen LogP contribution is 2.36. The van der Waals surface area contributed by atoms with Crippen molar-refractivity contribution in [1.29, 1.82) is 0 Å². The molecule has 0 fully saturated rings. The molecule has 2 aliphatic rings. The number of aliphatic imine (C=N–C) groups is 1. The average Bonchev–Trinajstić information content (AvgIpc) is 3.19. The van der Waals surface area contributed by atoms with Gasteiger partial charge in [-0.05, 0) is 75.2 Å². The lowest BCUT2D eigenvalue weighted by Crippen LogP contribution is -2.39. The molecule has 1 N–H and O–H groups in total. The van der Waals surface area contributed by atoms with Gasteiger partial charge < -0.3 is 4.90 Å². The van der Waals surface area contributed by atoms with Gasteiger partial charge in [-0.15, -0.1) is 11.3 Å². The van der Waals surface area contributed by atoms with Crippen LogP contribution in [-0.2, 0) is 6.42 Å². The van der Waals surface area contributed by atoms with Gasteiger partial charge in [0.2, 0.25) is 0 Å². The molecular formula is C22H26N4OS2. The number of rotatable bonds is 3. The minimum absolute atomic E-state index is 0.103. The number of nitrogens with zero attached hydrogens (tertiary/aromatic N) is 3. The molecule has 0 radical (unpaired) electrons. The number of carbonyl (C=O) groups excluding carboxylic acids is 1. The summed E-state index contributed by atoms with van der Waals surface area (Å²) in [5, 5.41) is 6.38. The summed E-state index contributed by atoms with van der Waals surface area (Å²) in [6.45, 7) is 9.30. The highest BCUT2D eigenvalue weighted by Gasteiger charge is 2.34. The number of hydrogen-bond acceptors (Lipinski definition) is 5. The van der Waals surface area contributed by atoms with Crippen LogP contribution in [0, 0.1) is 0 Å². The fourth-order valence-corrected chi connectivity index (χ4v) is 5.38. The van der Waals surface area contributed by atoms with E-state index < -0.39 is 0 Å². The molecule has 1 aromatic carbocycles. The van der Waals surface area contributed by atoms with Crippen molar-refractivity contribution in [3.63, 3.8) is 0 Å². The minimum atomic E-state index is -0.355. The standard InChI is InChI=1S/C22H26N4OS2/c1-14(2)23-20(18-8-6-12-28-18)26-11-5-7-15-13-16(9-10-17(15)26)19-22(3,4)29-21(27)25-24-19/h6,8-10,12-14H,5,7,11H2,1-4H3,(H,25,27). The molecule has 1 amide bonds. The lowest BCUT2D eigenvalue weighted by molar-refractivity contribution is 0.260. The van der Waals surface area contributed by atoms with Gasteiger partial charge in [-0.1, -0.05) is 23.9 Å². The summed E-state index contributed by atoms with van der Waals surface area (Å²) in [6, 6.07) is 11.0. The molecular weight excluding hydrogens is 400 g/mol. The van der Waals surface area contributed by atoms with Crippen molar-refractivity contribution in [1.82, 2.24) is 5.43 Å². The maximum Gasteiger partial charge on any atom is 0.300 e. The number of carbonyl (C=O) groups is 1. The predicted octanol–water partition coefficient (Wildman–Crippen LogP) is 5.30. The van der Waals surface area contributed by atoms with Crippen molar-refractivity contribution < 1.29 is 4.79 Å². The number of hydrogen-bond donors (Lipinski definition) is 1. The van der Waals surface area contributed by atoms with E-state index >= 15 is 0 Å². The quantitative estimate of drug-likeness (QED) is 0.535. The lowest BCUT2D eigenvalue weighted by Gasteiger charge is -2.34. The minimum Gasteiger partial charge on any atom is -0.325 e. The molecule has 3 heterocycles. The van der Waals surface area contributed by atoms with Crippen LogP contribution in [0.2, 0.25) is 0 Å². The molecule has 2 aliphatic heterocycles. The van der Waals surface area contributed by atoms with Gasteiger partial charge in [-0.2, -0.15) is 5.10 Å². The maximum atomic E-state index is 11.7. The van der Waals surface area contributed by atoms with Gasteiger partial charge in [0.05, 0.1) is 15.3 Å². The maximum absolute atomic E-state index is 11.7. The van der Waals surface area contributed by atoms with Crippen LogP contribution < -0.4 is 10.3 Å². The van der Waals surface area contributed by atoms with Crippen molar-refractivity contribution >= 4 is 45.6 Å². The highest BCUT2D eigenvalue weighted by molar-refractivity contribution is 8.15. The number of thiophene rings is 1. The second-order valence-electron chi connectivity index (χ2n) is 8.09. The first-order chi connectivity index (χ1) is 13.8. The molecule has 7 heteroatoms. The van der Waals surface area contributed by atoms with E-state index in [1.807, 2.05) is 13.8 Å². The molecule has 5 nitrogen and oxygen atoms in total. The van der Waals surface area contributed by atoms with Gasteiger partial charge in [0.1, 0.15) is 5.84 Å². The molecule has 1 aromatic heterocycles. The first-order valence-electron chi connectivity index (χ1n) is 9.95. The van der Waals surface area contributed by atoms with Crippen LogP contribution in [0.5, 0.6) is 0 Å². The van der Waals surface area contributed by atoms with Gasteiger partial charge in [0.25, 0.3) is 5.24 Å². The van der Waals surface area contributed by atoms with Crippen LogP contribution in [0.4, 0.5) is 10.5 Å². The number of nitrogens with one attached hydrogen (secondary N) is 1. The molecule has 0 saturated heterocycles. The molecule has 0 bridgehead atoms. The van der Waals surface area contributed by atoms with E-state index in [9.17, 15) is 4.79 Å². The second-order valence-corrected chi connectivity index (χ2v) is 10.6. The first-order valence-corrected chi connectivity index (χ1v) is 11.6. The summed E-state index contributed by atoms with van der Waals surface area (Å²) in [5.41, 5.74) is 7.13. The molecule has 0 aliphatic carbocycles. The van der Waals surface area contributed by atoms with E-state index in [-0.39, 0.29) is 16.0 Å². The predicted molar refractivity (Wildman–Crippen MR) is 125 cm³/mol. The number of benzene rings is 1. The number of anilines is 1. The smallest absolute Gasteiger partial charge is 0.300 e. The Balaban J connectivity index is 1.73. The van der Waals surface area contributed by atoms with Crippen LogP contribution in [0.1, 0.15) is 50.1 Å². The van der Waals surface area contributed by atoms with Gasteiger partial charge in [0, 0.05) is 18.3 Å². The zero-order chi connectivity index (χ0) is 20.6. The van der Waals surface area contributed by atoms with Gasteiger partial charge in [-0.25, -0.2) is 5.43 Å². The number of fused-ring (bicyclic) bond motifs is 1. The normalized spacial score (nSPS) is 19.1. The molecule has 29 heavy (non-hydrogen) atoms. The molecule has 4 rings (SSSR count). The van der Waals surface area contributed by atoms with Crippen LogP contribution >= 0.6 is 23.1 Å². The molecule has 0 unspecified atom stereocenters. The fraction of sp³-hybridized carbons (Fsp3) is 0.409. The van der Waals surface area contributed by atoms with Crippen molar-refractivity contribution in [3.05, 3.63) is 51.7 Å². The highest BCUT2D eigenvalue weighted by atomic mass is 32.2. The lowest BCUT2D eigenvalue weighted by atomic mass is 9.93. The molecule has 152 valence electrons. The zero-order valence-electron chi connectivity index (χ0n) is 17.2. The van der Waals surface area contributed by atoms with E-state index in [0.29, 0.717) is 0 Å². The van der Waals surface area contributed by atoms with Gasteiger partial charge >= 0.3 is 0 Å². The largest absolute Gasteiger partial charge is 0.325 e. The third-order valence-corrected chi connectivity index (χ3v) is 6.87. The summed E-state index contributed by atoms with van der Waals surface area (Å²) < 4.78 is -0.355. The van der Waals surface area contributed by atoms with Crippen molar-refractivity contribution in [2.75, 3.05) is 11.4 Å². The fourth-order valence-electron chi connectivity index (χ4n) is 3.83. The summed E-state index contributed by atoms with van der Waals surface area (Å²) in [4.78, 5) is 20.3. The van der Waals surface area contributed by atoms with E-state index in [1.165, 1.54) is 27.9 Å². The zero-order valence-corrected chi connectivity index (χ0v) is 18.9. The Morgan fingerprint density at radius 2 is 2.14 bits per heavy atom. The summed E-state index contributed by atoms with van der Waals surface area (Å²) >= 11 is 3.02. The van der Waals surface area contributed by atoms with Crippen LogP contribution in [0.15, 0.2) is 45.8 Å². The van der Waals surface area contributed by atoms with Gasteiger partial charge in [-0.3, -0.25) is 9.79 Å². The Morgan fingerprint density at radius 1 is 1.31 bits per heavy atom. The summed E-state index contributed by atoms with van der Waals surface area (Å²) in [6.07, 6.45) is 2.12. The first kappa shape index (κ1) is 20.2. The average molecular weight is 427 g/mol. The Bertz CT molecular complexity index is 977. The van der Waals surface area contributed by atoms with E-state index in [0.717, 1.165) is 36.5 Å². The number of aryl methyl sites for hydroxylation is 1. The van der Waals surface area contributed by atoms with E-state index in [1.54, 1.807) is 11.3 Å². The Morgan fingerprint density at radius 3 is 2.83 bits per heavy atom.